The second kappa shape index (κ2) is 7.65. The lowest BCUT2D eigenvalue weighted by atomic mass is 9.78. The van der Waals surface area contributed by atoms with Gasteiger partial charge < -0.3 is 9.94 Å². The number of nitrogens with zero attached hydrogens (tertiary/aromatic N) is 1. The first-order valence-corrected chi connectivity index (χ1v) is 9.66. The fourth-order valence-corrected chi connectivity index (χ4v) is 2.50. The van der Waals surface area contributed by atoms with Crippen LogP contribution in [0.25, 0.3) is 0 Å². The normalized spacial score (nSPS) is 13.9. The standard InChI is InChI=1S/C23H37NO3/c1-15(2)20(25)27-19-17(21(3,4)5)12-16(13-18(19)22(6,7)8)14-24(26)23(9,10)11/h12-15H,1-11H3. The molecule has 1 rings (SSSR count). The van der Waals surface area contributed by atoms with E-state index < -0.39 is 5.54 Å². The summed E-state index contributed by atoms with van der Waals surface area (Å²) < 4.78 is 6.85. The summed E-state index contributed by atoms with van der Waals surface area (Å²) in [6.45, 7) is 21.8. The number of hydrogen-bond donors (Lipinski definition) is 0. The summed E-state index contributed by atoms with van der Waals surface area (Å²) in [5.41, 5.74) is 1.67. The summed E-state index contributed by atoms with van der Waals surface area (Å²) in [6, 6.07) is 3.93. The molecule has 0 saturated heterocycles. The van der Waals surface area contributed by atoms with E-state index in [1.165, 1.54) is 0 Å². The van der Waals surface area contributed by atoms with E-state index in [0.717, 1.165) is 21.4 Å². The minimum absolute atomic E-state index is 0.213. The van der Waals surface area contributed by atoms with Gasteiger partial charge in [-0.2, -0.15) is 0 Å². The first-order chi connectivity index (χ1) is 11.9. The highest BCUT2D eigenvalue weighted by Gasteiger charge is 2.30. The summed E-state index contributed by atoms with van der Waals surface area (Å²) in [4.78, 5) is 12.4. The lowest BCUT2D eigenvalue weighted by Crippen LogP contribution is -2.30. The van der Waals surface area contributed by atoms with Crippen LogP contribution in [0.5, 0.6) is 5.75 Å². The number of esters is 1. The van der Waals surface area contributed by atoms with Crippen molar-refractivity contribution in [2.24, 2.45) is 5.92 Å². The number of rotatable bonds is 3. The van der Waals surface area contributed by atoms with E-state index in [0.29, 0.717) is 5.75 Å². The van der Waals surface area contributed by atoms with Crippen molar-refractivity contribution in [3.05, 3.63) is 34.0 Å². The molecular formula is C23H37NO3. The fraction of sp³-hybridized carbons (Fsp3) is 0.652. The molecule has 0 bridgehead atoms. The molecule has 1 aromatic rings. The molecule has 0 saturated carbocycles. The van der Waals surface area contributed by atoms with E-state index in [2.05, 4.69) is 41.5 Å². The first kappa shape index (κ1) is 23.2. The molecule has 1 aromatic carbocycles. The van der Waals surface area contributed by atoms with Gasteiger partial charge in [-0.15, -0.1) is 0 Å². The largest absolute Gasteiger partial charge is 0.623 e. The highest BCUT2D eigenvalue weighted by Crippen LogP contribution is 2.41. The Morgan fingerprint density at radius 1 is 0.963 bits per heavy atom. The molecule has 0 heterocycles. The van der Waals surface area contributed by atoms with E-state index in [-0.39, 0.29) is 22.7 Å². The number of benzene rings is 1. The van der Waals surface area contributed by atoms with Gasteiger partial charge in [0.25, 0.3) is 0 Å². The Balaban J connectivity index is 3.79. The van der Waals surface area contributed by atoms with Gasteiger partial charge in [0.1, 0.15) is 5.75 Å². The topological polar surface area (TPSA) is 52.4 Å². The molecule has 0 aliphatic rings. The molecule has 0 amide bonds. The average Bonchev–Trinajstić information content (AvgIpc) is 2.44. The maximum Gasteiger partial charge on any atom is 0.313 e. The molecule has 0 fully saturated rings. The summed E-state index contributed by atoms with van der Waals surface area (Å²) in [5.74, 6) is 0.164. The second-order valence-corrected chi connectivity index (χ2v) is 10.6. The van der Waals surface area contributed by atoms with Crippen LogP contribution < -0.4 is 4.74 Å². The second-order valence-electron chi connectivity index (χ2n) is 10.6. The summed E-state index contributed by atoms with van der Waals surface area (Å²) >= 11 is 0. The molecular weight excluding hydrogens is 338 g/mol. The Hall–Kier alpha value is -1.84. The molecule has 0 aliphatic carbocycles. The van der Waals surface area contributed by atoms with Crippen LogP contribution in [0.1, 0.15) is 92.9 Å². The van der Waals surface area contributed by atoms with Gasteiger partial charge in [0.2, 0.25) is 0 Å². The van der Waals surface area contributed by atoms with Crippen molar-refractivity contribution in [3.63, 3.8) is 0 Å². The van der Waals surface area contributed by atoms with Crippen LogP contribution >= 0.6 is 0 Å². The van der Waals surface area contributed by atoms with Gasteiger partial charge >= 0.3 is 5.97 Å². The lowest BCUT2D eigenvalue weighted by molar-refractivity contribution is -0.530. The van der Waals surface area contributed by atoms with E-state index in [9.17, 15) is 10.0 Å². The van der Waals surface area contributed by atoms with Gasteiger partial charge in [-0.25, -0.2) is 4.74 Å². The predicted octanol–water partition coefficient (Wildman–Crippen LogP) is 5.57. The number of hydrogen-bond acceptors (Lipinski definition) is 3. The zero-order valence-electron chi connectivity index (χ0n) is 19.0. The van der Waals surface area contributed by atoms with E-state index in [4.69, 9.17) is 4.74 Å². The van der Waals surface area contributed by atoms with Crippen molar-refractivity contribution in [3.8, 4) is 5.75 Å². The van der Waals surface area contributed by atoms with Crippen LogP contribution in [0.3, 0.4) is 0 Å². The molecule has 4 nitrogen and oxygen atoms in total. The van der Waals surface area contributed by atoms with Crippen molar-refractivity contribution in [1.82, 2.24) is 0 Å². The predicted molar refractivity (Wildman–Crippen MR) is 113 cm³/mol. The smallest absolute Gasteiger partial charge is 0.313 e. The van der Waals surface area contributed by atoms with E-state index >= 15 is 0 Å². The molecule has 0 N–H and O–H groups in total. The summed E-state index contributed by atoms with van der Waals surface area (Å²) in [7, 11) is 0. The maximum absolute atomic E-state index is 12.5. The lowest BCUT2D eigenvalue weighted by Gasteiger charge is -2.30. The van der Waals surface area contributed by atoms with Gasteiger partial charge in [0, 0.05) is 37.5 Å². The molecule has 0 aliphatic heterocycles. The Morgan fingerprint density at radius 2 is 1.37 bits per heavy atom. The molecule has 0 spiro atoms. The molecule has 27 heavy (non-hydrogen) atoms. The van der Waals surface area contributed by atoms with Crippen molar-refractivity contribution in [2.45, 2.75) is 92.5 Å². The minimum atomic E-state index is -0.521. The minimum Gasteiger partial charge on any atom is -0.623 e. The molecule has 0 unspecified atom stereocenters. The molecule has 4 heteroatoms. The molecule has 0 radical (unpaired) electrons. The van der Waals surface area contributed by atoms with Crippen LogP contribution in [0.4, 0.5) is 0 Å². The quantitative estimate of drug-likeness (QED) is 0.173. The average molecular weight is 376 g/mol. The van der Waals surface area contributed by atoms with E-state index in [1.54, 1.807) is 6.21 Å². The Bertz CT molecular complexity index is 688. The van der Waals surface area contributed by atoms with Gasteiger partial charge in [0.05, 0.1) is 5.92 Å². The highest BCUT2D eigenvalue weighted by atomic mass is 16.5. The van der Waals surface area contributed by atoms with Gasteiger partial charge in [0.15, 0.2) is 11.8 Å². The van der Waals surface area contributed by atoms with E-state index in [1.807, 2.05) is 46.8 Å². The third-order valence-electron chi connectivity index (χ3n) is 4.33. The number of carbonyl (C=O) groups excluding carboxylic acids is 1. The van der Waals surface area contributed by atoms with Gasteiger partial charge in [-0.1, -0.05) is 55.4 Å². The Labute approximate surface area is 165 Å². The van der Waals surface area contributed by atoms with Crippen molar-refractivity contribution >= 4 is 12.2 Å². The van der Waals surface area contributed by atoms with Crippen molar-refractivity contribution in [2.75, 3.05) is 0 Å². The number of hydroxylamine groups is 1. The third-order valence-corrected chi connectivity index (χ3v) is 4.33. The zero-order chi connectivity index (χ0) is 21.4. The summed E-state index contributed by atoms with van der Waals surface area (Å²) in [6.07, 6.45) is 1.62. The van der Waals surface area contributed by atoms with Crippen LogP contribution in [0.2, 0.25) is 0 Å². The Kier molecular flexibility index (Phi) is 6.57. The molecule has 152 valence electrons. The number of ether oxygens (including phenoxy) is 1. The third kappa shape index (κ3) is 6.08. The fourth-order valence-electron chi connectivity index (χ4n) is 2.50. The summed E-state index contributed by atoms with van der Waals surface area (Å²) in [5, 5.41) is 12.5. The Morgan fingerprint density at radius 3 is 1.67 bits per heavy atom. The van der Waals surface area contributed by atoms with Crippen LogP contribution in [0.15, 0.2) is 12.1 Å². The highest BCUT2D eigenvalue weighted by molar-refractivity contribution is 5.80. The maximum atomic E-state index is 12.5. The van der Waals surface area contributed by atoms with Crippen LogP contribution in [-0.2, 0) is 15.6 Å². The van der Waals surface area contributed by atoms with Crippen LogP contribution in [-0.4, -0.2) is 22.5 Å². The van der Waals surface area contributed by atoms with Crippen molar-refractivity contribution in [1.29, 1.82) is 0 Å². The zero-order valence-corrected chi connectivity index (χ0v) is 19.0. The van der Waals surface area contributed by atoms with Gasteiger partial charge in [-0.3, -0.25) is 4.79 Å². The monoisotopic (exact) mass is 375 g/mol. The molecule has 0 atom stereocenters. The SMILES string of the molecule is CC(C)C(=O)Oc1c(C(C)(C)C)cc(C=[N+]([O-])C(C)(C)C)cc1C(C)(C)C. The number of carbonyl (C=O) groups is 1. The van der Waals surface area contributed by atoms with Crippen molar-refractivity contribution < 1.29 is 14.3 Å². The molecule has 0 aromatic heterocycles. The van der Waals surface area contributed by atoms with Gasteiger partial charge in [-0.05, 0) is 23.0 Å². The first-order valence-electron chi connectivity index (χ1n) is 9.66. The van der Waals surface area contributed by atoms with Crippen LogP contribution in [0, 0.1) is 11.1 Å².